The van der Waals surface area contributed by atoms with Crippen molar-refractivity contribution in [2.45, 2.75) is 19.5 Å². The van der Waals surface area contributed by atoms with Crippen LogP contribution in [0.3, 0.4) is 0 Å². The first-order chi connectivity index (χ1) is 9.20. The molecule has 1 rings (SSSR count). The summed E-state index contributed by atoms with van der Waals surface area (Å²) in [5.41, 5.74) is 1.23. The van der Waals surface area contributed by atoms with Gasteiger partial charge in [-0.2, -0.15) is 11.8 Å². The highest BCUT2D eigenvalue weighted by atomic mass is 32.2. The van der Waals surface area contributed by atoms with E-state index >= 15 is 0 Å². The van der Waals surface area contributed by atoms with Crippen molar-refractivity contribution in [1.82, 2.24) is 10.3 Å². The lowest BCUT2D eigenvalue weighted by Crippen LogP contribution is -2.33. The summed E-state index contributed by atoms with van der Waals surface area (Å²) in [6.07, 6.45) is 3.99. The molecule has 0 amide bonds. The maximum atomic E-state index is 5.04. The number of thioether (sulfide) groups is 1. The van der Waals surface area contributed by atoms with Crippen LogP contribution in [0.5, 0.6) is 0 Å². The first-order valence-electron chi connectivity index (χ1n) is 6.56. The highest BCUT2D eigenvalue weighted by molar-refractivity contribution is 7.98. The Morgan fingerprint density at radius 2 is 2.32 bits per heavy atom. The summed E-state index contributed by atoms with van der Waals surface area (Å²) in [6.45, 7) is 4.64. The lowest BCUT2D eigenvalue weighted by atomic mass is 10.2. The predicted molar refractivity (Wildman–Crippen MR) is 84.1 cm³/mol. The number of aromatic nitrogens is 1. The van der Waals surface area contributed by atoms with Gasteiger partial charge < -0.3 is 15.0 Å². The van der Waals surface area contributed by atoms with E-state index in [0.717, 1.165) is 31.3 Å². The topological polar surface area (TPSA) is 37.4 Å². The lowest BCUT2D eigenvalue weighted by molar-refractivity contribution is 0.199. The Morgan fingerprint density at radius 1 is 1.53 bits per heavy atom. The van der Waals surface area contributed by atoms with Gasteiger partial charge in [-0.25, -0.2) is 4.98 Å². The van der Waals surface area contributed by atoms with Gasteiger partial charge in [-0.15, -0.1) is 0 Å². The van der Waals surface area contributed by atoms with Crippen molar-refractivity contribution in [3.8, 4) is 0 Å². The molecule has 0 aromatic carbocycles. The first kappa shape index (κ1) is 16.3. The minimum absolute atomic E-state index is 0.475. The summed E-state index contributed by atoms with van der Waals surface area (Å²) < 4.78 is 5.04. The van der Waals surface area contributed by atoms with Crippen LogP contribution in [-0.2, 0) is 11.3 Å². The molecule has 1 aromatic rings. The Labute approximate surface area is 120 Å². The normalized spacial score (nSPS) is 12.4. The van der Waals surface area contributed by atoms with Gasteiger partial charge in [0.05, 0.1) is 6.61 Å². The molecule has 0 aliphatic carbocycles. The molecule has 5 heteroatoms. The smallest absolute Gasteiger partial charge is 0.133 e. The molecule has 1 heterocycles. The van der Waals surface area contributed by atoms with E-state index in [1.807, 2.05) is 24.0 Å². The van der Waals surface area contributed by atoms with Crippen LogP contribution in [0.2, 0.25) is 0 Å². The van der Waals surface area contributed by atoms with Gasteiger partial charge in [0.1, 0.15) is 5.82 Å². The maximum Gasteiger partial charge on any atom is 0.133 e. The fourth-order valence-corrected chi connectivity index (χ4v) is 2.55. The van der Waals surface area contributed by atoms with E-state index in [1.54, 1.807) is 7.11 Å². The van der Waals surface area contributed by atoms with Gasteiger partial charge in [0.25, 0.3) is 0 Å². The number of rotatable bonds is 9. The van der Waals surface area contributed by atoms with Crippen LogP contribution in [-0.4, -0.2) is 50.3 Å². The van der Waals surface area contributed by atoms with E-state index in [4.69, 9.17) is 4.74 Å². The second kappa shape index (κ2) is 9.18. The summed E-state index contributed by atoms with van der Waals surface area (Å²) in [7, 11) is 3.83. The van der Waals surface area contributed by atoms with Crippen molar-refractivity contribution >= 4 is 17.6 Å². The van der Waals surface area contributed by atoms with Crippen molar-refractivity contribution in [3.05, 3.63) is 23.9 Å². The number of nitrogens with zero attached hydrogens (tertiary/aromatic N) is 2. The van der Waals surface area contributed by atoms with Gasteiger partial charge in [0.15, 0.2) is 0 Å². The Morgan fingerprint density at radius 3 is 3.00 bits per heavy atom. The van der Waals surface area contributed by atoms with Gasteiger partial charge >= 0.3 is 0 Å². The number of hydrogen-bond donors (Lipinski definition) is 1. The molecule has 4 nitrogen and oxygen atoms in total. The monoisotopic (exact) mass is 283 g/mol. The minimum atomic E-state index is 0.475. The van der Waals surface area contributed by atoms with E-state index in [9.17, 15) is 0 Å². The number of nitrogens with one attached hydrogen (secondary N) is 1. The zero-order valence-corrected chi connectivity index (χ0v) is 13.2. The summed E-state index contributed by atoms with van der Waals surface area (Å²) in [5.74, 6) is 2.16. The van der Waals surface area contributed by atoms with Crippen molar-refractivity contribution < 1.29 is 4.74 Å². The number of pyridine rings is 1. The molecule has 108 valence electrons. The number of anilines is 1. The second-order valence-corrected chi connectivity index (χ2v) is 5.48. The average molecular weight is 283 g/mol. The molecule has 19 heavy (non-hydrogen) atoms. The summed E-state index contributed by atoms with van der Waals surface area (Å²) in [5, 5.41) is 3.37. The van der Waals surface area contributed by atoms with E-state index in [1.165, 1.54) is 5.56 Å². The third-order valence-electron chi connectivity index (χ3n) is 3.07. The Kier molecular flexibility index (Phi) is 7.86. The molecule has 0 saturated heterocycles. The molecule has 1 unspecified atom stereocenters. The highest BCUT2D eigenvalue weighted by Gasteiger charge is 2.13. The average Bonchev–Trinajstić information content (AvgIpc) is 2.43. The van der Waals surface area contributed by atoms with Crippen LogP contribution in [0, 0.1) is 0 Å². The van der Waals surface area contributed by atoms with Gasteiger partial charge in [-0.05, 0) is 19.2 Å². The largest absolute Gasteiger partial charge is 0.383 e. The van der Waals surface area contributed by atoms with E-state index in [2.05, 4.69) is 41.5 Å². The highest BCUT2D eigenvalue weighted by Crippen LogP contribution is 2.19. The van der Waals surface area contributed by atoms with Gasteiger partial charge in [0, 0.05) is 50.8 Å². The molecule has 0 fully saturated rings. The minimum Gasteiger partial charge on any atom is -0.383 e. The zero-order valence-electron chi connectivity index (χ0n) is 12.3. The van der Waals surface area contributed by atoms with Crippen LogP contribution < -0.4 is 10.2 Å². The van der Waals surface area contributed by atoms with Gasteiger partial charge in [-0.1, -0.05) is 6.07 Å². The summed E-state index contributed by atoms with van der Waals surface area (Å²) in [4.78, 5) is 6.78. The summed E-state index contributed by atoms with van der Waals surface area (Å²) >= 11 is 1.86. The molecule has 1 aromatic heterocycles. The molecule has 0 saturated carbocycles. The lowest BCUT2D eigenvalue weighted by Gasteiger charge is -2.27. The zero-order chi connectivity index (χ0) is 14.1. The molecule has 1 atom stereocenters. The van der Waals surface area contributed by atoms with Gasteiger partial charge in [-0.3, -0.25) is 0 Å². The van der Waals surface area contributed by atoms with Crippen molar-refractivity contribution in [3.63, 3.8) is 0 Å². The van der Waals surface area contributed by atoms with Crippen molar-refractivity contribution in [1.29, 1.82) is 0 Å². The van der Waals surface area contributed by atoms with Crippen molar-refractivity contribution in [2.75, 3.05) is 44.2 Å². The van der Waals surface area contributed by atoms with E-state index in [-0.39, 0.29) is 0 Å². The Bertz CT molecular complexity index is 362. The van der Waals surface area contributed by atoms with Crippen LogP contribution in [0.15, 0.2) is 18.3 Å². The third kappa shape index (κ3) is 5.38. The van der Waals surface area contributed by atoms with E-state index < -0.39 is 0 Å². The number of hydrogen-bond acceptors (Lipinski definition) is 5. The molecular formula is C14H25N3OS. The third-order valence-corrected chi connectivity index (χ3v) is 3.88. The maximum absolute atomic E-state index is 5.04. The molecule has 0 bridgehead atoms. The number of ether oxygens (including phenoxy) is 1. The SMILES string of the molecule is COCCNCc1cccnc1N(C)C(C)CSC. The Hall–Kier alpha value is -0.780. The standard InChI is InChI=1S/C14H25N3OS/c1-12(11-19-4)17(2)14-13(6-5-7-16-14)10-15-8-9-18-3/h5-7,12,15H,8-11H2,1-4H3. The number of methoxy groups -OCH3 is 1. The van der Waals surface area contributed by atoms with Crippen LogP contribution >= 0.6 is 11.8 Å². The molecule has 1 N–H and O–H groups in total. The summed E-state index contributed by atoms with van der Waals surface area (Å²) in [6, 6.07) is 4.59. The molecule has 0 aliphatic heterocycles. The van der Waals surface area contributed by atoms with E-state index in [0.29, 0.717) is 6.04 Å². The van der Waals surface area contributed by atoms with Crippen LogP contribution in [0.4, 0.5) is 5.82 Å². The predicted octanol–water partition coefficient (Wildman–Crippen LogP) is 2.01. The molecular weight excluding hydrogens is 258 g/mol. The Balaban J connectivity index is 2.66. The first-order valence-corrected chi connectivity index (χ1v) is 7.95. The molecule has 0 aliphatic rings. The fourth-order valence-electron chi connectivity index (χ4n) is 1.84. The van der Waals surface area contributed by atoms with Crippen LogP contribution in [0.1, 0.15) is 12.5 Å². The van der Waals surface area contributed by atoms with Crippen LogP contribution in [0.25, 0.3) is 0 Å². The van der Waals surface area contributed by atoms with Crippen molar-refractivity contribution in [2.24, 2.45) is 0 Å². The van der Waals surface area contributed by atoms with Gasteiger partial charge in [0.2, 0.25) is 0 Å². The fraction of sp³-hybridized carbons (Fsp3) is 0.643. The quantitative estimate of drug-likeness (QED) is 0.702. The molecule has 0 spiro atoms. The molecule has 0 radical (unpaired) electrons. The second-order valence-electron chi connectivity index (χ2n) is 4.57.